The molecule has 0 fully saturated rings. The van der Waals surface area contributed by atoms with Crippen LogP contribution >= 0.6 is 0 Å². The van der Waals surface area contributed by atoms with Crippen LogP contribution in [-0.2, 0) is 14.4 Å². The lowest BCUT2D eigenvalue weighted by Crippen LogP contribution is -2.27. The molecule has 0 aromatic heterocycles. The maximum absolute atomic E-state index is 11.7. The van der Waals surface area contributed by atoms with E-state index in [1.165, 1.54) is 38.2 Å². The van der Waals surface area contributed by atoms with Gasteiger partial charge in [0.25, 0.3) is 0 Å². The number of hydrogen-bond acceptors (Lipinski definition) is 3. The SMILES string of the molecule is CCCCCCCCCC(=O)NC1=CC(=O)C(=O)CC1. The van der Waals surface area contributed by atoms with Crippen LogP contribution in [0.1, 0.15) is 71.1 Å². The van der Waals surface area contributed by atoms with Crippen molar-refractivity contribution < 1.29 is 14.4 Å². The molecule has 1 aliphatic rings. The largest absolute Gasteiger partial charge is 0.330 e. The maximum atomic E-state index is 11.7. The molecule has 1 amide bonds. The van der Waals surface area contributed by atoms with Gasteiger partial charge in [-0.05, 0) is 12.8 Å². The molecule has 1 aliphatic carbocycles. The Morgan fingerprint density at radius 3 is 2.35 bits per heavy atom. The van der Waals surface area contributed by atoms with Gasteiger partial charge < -0.3 is 5.32 Å². The molecule has 4 nitrogen and oxygen atoms in total. The minimum absolute atomic E-state index is 0.0491. The molecule has 0 saturated heterocycles. The second-order valence-corrected chi connectivity index (χ2v) is 5.38. The number of carbonyl (C=O) groups excluding carboxylic acids is 3. The summed E-state index contributed by atoms with van der Waals surface area (Å²) in [5, 5.41) is 2.73. The number of rotatable bonds is 9. The minimum atomic E-state index is -0.498. The number of Topliss-reactive ketones (excluding diaryl/α,β-unsaturated/α-hetero) is 1. The summed E-state index contributed by atoms with van der Waals surface area (Å²) < 4.78 is 0. The summed E-state index contributed by atoms with van der Waals surface area (Å²) in [6.45, 7) is 2.20. The van der Waals surface area contributed by atoms with Gasteiger partial charge in [0.15, 0.2) is 0 Å². The number of hydrogen-bond donors (Lipinski definition) is 1. The maximum Gasteiger partial charge on any atom is 0.224 e. The van der Waals surface area contributed by atoms with E-state index in [0.29, 0.717) is 18.5 Å². The highest BCUT2D eigenvalue weighted by atomic mass is 16.2. The monoisotopic (exact) mass is 279 g/mol. The highest BCUT2D eigenvalue weighted by Gasteiger charge is 2.19. The average Bonchev–Trinajstić information content (AvgIpc) is 2.42. The summed E-state index contributed by atoms with van der Waals surface area (Å²) in [5.41, 5.74) is 0.586. The fourth-order valence-corrected chi connectivity index (χ4v) is 2.27. The fourth-order valence-electron chi connectivity index (χ4n) is 2.27. The molecule has 1 rings (SSSR count). The normalized spacial score (nSPS) is 15.2. The zero-order valence-electron chi connectivity index (χ0n) is 12.4. The molecule has 0 saturated carbocycles. The van der Waals surface area contributed by atoms with E-state index in [1.807, 2.05) is 0 Å². The molecular weight excluding hydrogens is 254 g/mol. The van der Waals surface area contributed by atoms with Crippen molar-refractivity contribution in [2.24, 2.45) is 0 Å². The first-order valence-corrected chi connectivity index (χ1v) is 7.71. The topological polar surface area (TPSA) is 63.2 Å². The third-order valence-electron chi connectivity index (χ3n) is 3.51. The third kappa shape index (κ3) is 6.64. The van der Waals surface area contributed by atoms with E-state index < -0.39 is 5.78 Å². The second kappa shape index (κ2) is 9.45. The Morgan fingerprint density at radius 2 is 1.70 bits per heavy atom. The van der Waals surface area contributed by atoms with E-state index in [2.05, 4.69) is 12.2 Å². The standard InChI is InChI=1S/C16H25NO3/c1-2-3-4-5-6-7-8-9-16(20)17-13-10-11-14(18)15(19)12-13/h12H,2-11H2,1H3,(H,17,20). The van der Waals surface area contributed by atoms with Gasteiger partial charge >= 0.3 is 0 Å². The highest BCUT2D eigenvalue weighted by molar-refractivity contribution is 6.42. The first kappa shape index (κ1) is 16.6. The minimum Gasteiger partial charge on any atom is -0.330 e. The Morgan fingerprint density at radius 1 is 1.05 bits per heavy atom. The lowest BCUT2D eigenvalue weighted by atomic mass is 10.0. The predicted molar refractivity (Wildman–Crippen MR) is 78.1 cm³/mol. The number of ketones is 2. The Kier molecular flexibility index (Phi) is 7.85. The molecule has 0 atom stereocenters. The summed E-state index contributed by atoms with van der Waals surface area (Å²) in [7, 11) is 0. The van der Waals surface area contributed by atoms with Crippen LogP contribution in [0.5, 0.6) is 0 Å². The Balaban J connectivity index is 2.10. The molecule has 0 spiro atoms. The first-order valence-electron chi connectivity index (χ1n) is 7.71. The number of carbonyl (C=O) groups is 3. The summed E-state index contributed by atoms with van der Waals surface area (Å²) in [5.74, 6) is -0.912. The van der Waals surface area contributed by atoms with Crippen molar-refractivity contribution in [2.75, 3.05) is 0 Å². The van der Waals surface area contributed by atoms with E-state index in [4.69, 9.17) is 0 Å². The molecule has 0 aromatic rings. The summed E-state index contributed by atoms with van der Waals surface area (Å²) in [6.07, 6.45) is 10.6. The van der Waals surface area contributed by atoms with Crippen molar-refractivity contribution in [1.29, 1.82) is 0 Å². The van der Waals surface area contributed by atoms with Gasteiger partial charge in [0, 0.05) is 24.6 Å². The molecule has 4 heteroatoms. The van der Waals surface area contributed by atoms with E-state index in [1.54, 1.807) is 0 Å². The number of allylic oxidation sites excluding steroid dienone is 2. The molecule has 0 radical (unpaired) electrons. The van der Waals surface area contributed by atoms with Crippen LogP contribution in [-0.4, -0.2) is 17.5 Å². The fraction of sp³-hybridized carbons (Fsp3) is 0.688. The van der Waals surface area contributed by atoms with Gasteiger partial charge in [0.05, 0.1) is 0 Å². The lowest BCUT2D eigenvalue weighted by molar-refractivity contribution is -0.134. The van der Waals surface area contributed by atoms with Crippen molar-refractivity contribution in [3.05, 3.63) is 11.8 Å². The van der Waals surface area contributed by atoms with Gasteiger partial charge in [0.2, 0.25) is 17.5 Å². The van der Waals surface area contributed by atoms with Crippen molar-refractivity contribution >= 4 is 17.5 Å². The molecule has 0 bridgehead atoms. The Bertz CT molecular complexity index is 385. The van der Waals surface area contributed by atoms with E-state index in [-0.39, 0.29) is 18.1 Å². The Labute approximate surface area is 121 Å². The van der Waals surface area contributed by atoms with Gasteiger partial charge in [-0.3, -0.25) is 14.4 Å². The summed E-state index contributed by atoms with van der Waals surface area (Å²) in [4.78, 5) is 33.9. The zero-order valence-corrected chi connectivity index (χ0v) is 12.4. The molecule has 20 heavy (non-hydrogen) atoms. The quantitative estimate of drug-likeness (QED) is 0.521. The average molecular weight is 279 g/mol. The van der Waals surface area contributed by atoms with Gasteiger partial charge in [-0.25, -0.2) is 0 Å². The Hall–Kier alpha value is -1.45. The van der Waals surface area contributed by atoms with Crippen molar-refractivity contribution in [2.45, 2.75) is 71.1 Å². The van der Waals surface area contributed by atoms with Gasteiger partial charge in [-0.15, -0.1) is 0 Å². The van der Waals surface area contributed by atoms with Crippen LogP contribution < -0.4 is 5.32 Å². The van der Waals surface area contributed by atoms with Crippen molar-refractivity contribution in [1.82, 2.24) is 5.32 Å². The lowest BCUT2D eigenvalue weighted by Gasteiger charge is -2.12. The first-order chi connectivity index (χ1) is 9.63. The van der Waals surface area contributed by atoms with Gasteiger partial charge in [0.1, 0.15) is 0 Å². The molecule has 112 valence electrons. The van der Waals surface area contributed by atoms with Crippen LogP contribution in [0.25, 0.3) is 0 Å². The molecule has 1 N–H and O–H groups in total. The smallest absolute Gasteiger partial charge is 0.224 e. The van der Waals surface area contributed by atoms with E-state index >= 15 is 0 Å². The third-order valence-corrected chi connectivity index (χ3v) is 3.51. The van der Waals surface area contributed by atoms with Crippen molar-refractivity contribution in [3.8, 4) is 0 Å². The molecule has 0 unspecified atom stereocenters. The number of unbranched alkanes of at least 4 members (excludes halogenated alkanes) is 6. The second-order valence-electron chi connectivity index (χ2n) is 5.38. The van der Waals surface area contributed by atoms with Gasteiger partial charge in [-0.2, -0.15) is 0 Å². The summed E-state index contributed by atoms with van der Waals surface area (Å²) >= 11 is 0. The van der Waals surface area contributed by atoms with E-state index in [9.17, 15) is 14.4 Å². The van der Waals surface area contributed by atoms with Crippen LogP contribution in [0.15, 0.2) is 11.8 Å². The van der Waals surface area contributed by atoms with Crippen LogP contribution in [0.3, 0.4) is 0 Å². The predicted octanol–water partition coefficient (Wildman–Crippen LogP) is 3.06. The highest BCUT2D eigenvalue weighted by Crippen LogP contribution is 2.11. The summed E-state index contributed by atoms with van der Waals surface area (Å²) in [6, 6.07) is 0. The number of amides is 1. The van der Waals surface area contributed by atoms with Crippen LogP contribution in [0.2, 0.25) is 0 Å². The molecule has 0 aliphatic heterocycles. The van der Waals surface area contributed by atoms with Crippen molar-refractivity contribution in [3.63, 3.8) is 0 Å². The molecule has 0 heterocycles. The zero-order chi connectivity index (χ0) is 14.8. The van der Waals surface area contributed by atoms with E-state index in [0.717, 1.165) is 12.8 Å². The molecular formula is C16H25NO3. The van der Waals surface area contributed by atoms with Crippen LogP contribution in [0.4, 0.5) is 0 Å². The van der Waals surface area contributed by atoms with Crippen LogP contribution in [0, 0.1) is 0 Å². The van der Waals surface area contributed by atoms with Gasteiger partial charge in [-0.1, -0.05) is 45.4 Å². The number of nitrogens with one attached hydrogen (secondary N) is 1. The molecule has 0 aromatic carbocycles.